The second kappa shape index (κ2) is 6.25. The molecule has 0 spiro atoms. The van der Waals surface area contributed by atoms with Crippen molar-refractivity contribution >= 4 is 29.1 Å². The number of carbonyl (C=O) groups excluding carboxylic acids is 2. The SMILES string of the molecule is CC(=O)Nc1ccc(CNC(=O)CCl)c(C)c1. The average molecular weight is 255 g/mol. The number of hydrogen-bond donors (Lipinski definition) is 2. The average Bonchev–Trinajstić information content (AvgIpc) is 2.26. The van der Waals surface area contributed by atoms with E-state index in [1.54, 1.807) is 6.07 Å². The van der Waals surface area contributed by atoms with Gasteiger partial charge in [0.05, 0.1) is 0 Å². The van der Waals surface area contributed by atoms with Crippen molar-refractivity contribution in [2.24, 2.45) is 0 Å². The van der Waals surface area contributed by atoms with Gasteiger partial charge in [0.2, 0.25) is 11.8 Å². The molecule has 4 nitrogen and oxygen atoms in total. The largest absolute Gasteiger partial charge is 0.351 e. The Bertz CT molecular complexity index is 433. The topological polar surface area (TPSA) is 58.2 Å². The highest BCUT2D eigenvalue weighted by Gasteiger charge is 2.03. The Morgan fingerprint density at radius 1 is 1.35 bits per heavy atom. The minimum atomic E-state index is -0.197. The number of alkyl halides is 1. The number of carbonyl (C=O) groups is 2. The van der Waals surface area contributed by atoms with Crippen LogP contribution < -0.4 is 10.6 Å². The van der Waals surface area contributed by atoms with E-state index in [0.717, 1.165) is 16.8 Å². The van der Waals surface area contributed by atoms with E-state index in [0.29, 0.717) is 6.54 Å². The summed E-state index contributed by atoms with van der Waals surface area (Å²) in [6, 6.07) is 5.54. The summed E-state index contributed by atoms with van der Waals surface area (Å²) in [7, 11) is 0. The van der Waals surface area contributed by atoms with Crippen molar-refractivity contribution in [1.29, 1.82) is 0 Å². The molecule has 0 aliphatic heterocycles. The van der Waals surface area contributed by atoms with Crippen LogP contribution in [0.15, 0.2) is 18.2 Å². The molecule has 2 amide bonds. The molecular formula is C12H15ClN2O2. The van der Waals surface area contributed by atoms with Crippen LogP contribution in [-0.4, -0.2) is 17.7 Å². The number of anilines is 1. The predicted octanol–water partition coefficient (Wildman–Crippen LogP) is 1.81. The van der Waals surface area contributed by atoms with Gasteiger partial charge in [0.25, 0.3) is 0 Å². The molecule has 0 atom stereocenters. The number of amides is 2. The lowest BCUT2D eigenvalue weighted by atomic mass is 10.1. The monoisotopic (exact) mass is 254 g/mol. The van der Waals surface area contributed by atoms with Crippen LogP contribution in [0.3, 0.4) is 0 Å². The molecule has 0 aliphatic carbocycles. The molecule has 0 bridgehead atoms. The van der Waals surface area contributed by atoms with Crippen molar-refractivity contribution in [2.75, 3.05) is 11.2 Å². The molecule has 0 heterocycles. The number of halogens is 1. The molecule has 92 valence electrons. The van der Waals surface area contributed by atoms with Gasteiger partial charge < -0.3 is 10.6 Å². The summed E-state index contributed by atoms with van der Waals surface area (Å²) in [5.74, 6) is -0.340. The highest BCUT2D eigenvalue weighted by Crippen LogP contribution is 2.15. The van der Waals surface area contributed by atoms with Gasteiger partial charge in [-0.15, -0.1) is 11.6 Å². The standard InChI is InChI=1S/C12H15ClN2O2/c1-8-5-11(15-9(2)16)4-3-10(8)7-14-12(17)6-13/h3-5H,6-7H2,1-2H3,(H,14,17)(H,15,16). The summed E-state index contributed by atoms with van der Waals surface area (Å²) in [6.45, 7) is 3.83. The summed E-state index contributed by atoms with van der Waals surface area (Å²) in [4.78, 5) is 21.9. The lowest BCUT2D eigenvalue weighted by Crippen LogP contribution is -2.24. The fourth-order valence-corrected chi connectivity index (χ4v) is 1.51. The van der Waals surface area contributed by atoms with Crippen molar-refractivity contribution in [3.8, 4) is 0 Å². The van der Waals surface area contributed by atoms with Crippen LogP contribution in [0.4, 0.5) is 5.69 Å². The second-order valence-corrected chi connectivity index (χ2v) is 4.00. The molecule has 0 saturated heterocycles. The third-order valence-corrected chi connectivity index (χ3v) is 2.50. The summed E-state index contributed by atoms with van der Waals surface area (Å²) in [6.07, 6.45) is 0. The van der Waals surface area contributed by atoms with Crippen LogP contribution in [0.2, 0.25) is 0 Å². The van der Waals surface area contributed by atoms with Gasteiger partial charge in [-0.05, 0) is 30.2 Å². The van der Waals surface area contributed by atoms with Gasteiger partial charge in [-0.25, -0.2) is 0 Å². The Hall–Kier alpha value is -1.55. The molecule has 5 heteroatoms. The summed E-state index contributed by atoms with van der Waals surface area (Å²) in [5, 5.41) is 5.39. The Labute approximate surface area is 105 Å². The predicted molar refractivity (Wildman–Crippen MR) is 68.0 cm³/mol. The first-order valence-electron chi connectivity index (χ1n) is 5.22. The number of rotatable bonds is 4. The minimum Gasteiger partial charge on any atom is -0.351 e. The molecule has 1 aromatic carbocycles. The van der Waals surface area contributed by atoms with E-state index in [9.17, 15) is 9.59 Å². The molecule has 0 aromatic heterocycles. The first-order chi connectivity index (χ1) is 8.02. The van der Waals surface area contributed by atoms with Crippen LogP contribution in [0, 0.1) is 6.92 Å². The molecule has 0 aliphatic rings. The molecule has 0 fully saturated rings. The molecule has 0 saturated carbocycles. The molecule has 2 N–H and O–H groups in total. The van der Waals surface area contributed by atoms with Crippen molar-refractivity contribution in [3.63, 3.8) is 0 Å². The normalized spacial score (nSPS) is 9.82. The van der Waals surface area contributed by atoms with Crippen molar-refractivity contribution in [2.45, 2.75) is 20.4 Å². The van der Waals surface area contributed by atoms with E-state index in [1.165, 1.54) is 6.92 Å². The minimum absolute atomic E-state index is 0.0387. The Morgan fingerprint density at radius 2 is 2.06 bits per heavy atom. The number of hydrogen-bond acceptors (Lipinski definition) is 2. The molecular weight excluding hydrogens is 240 g/mol. The molecule has 1 rings (SSSR count). The van der Waals surface area contributed by atoms with Crippen LogP contribution >= 0.6 is 11.6 Å². The first kappa shape index (κ1) is 13.5. The molecule has 17 heavy (non-hydrogen) atoms. The van der Waals surface area contributed by atoms with Crippen molar-refractivity contribution < 1.29 is 9.59 Å². The fraction of sp³-hybridized carbons (Fsp3) is 0.333. The maximum Gasteiger partial charge on any atom is 0.235 e. The third-order valence-electron chi connectivity index (χ3n) is 2.26. The number of aryl methyl sites for hydroxylation is 1. The zero-order valence-electron chi connectivity index (χ0n) is 9.84. The lowest BCUT2D eigenvalue weighted by Gasteiger charge is -2.09. The maximum atomic E-state index is 11.0. The number of benzene rings is 1. The summed E-state index contributed by atoms with van der Waals surface area (Å²) in [5.41, 5.74) is 2.76. The third kappa shape index (κ3) is 4.44. The van der Waals surface area contributed by atoms with E-state index in [1.807, 2.05) is 19.1 Å². The van der Waals surface area contributed by atoms with Gasteiger partial charge in [-0.1, -0.05) is 6.07 Å². The highest BCUT2D eigenvalue weighted by molar-refractivity contribution is 6.27. The smallest absolute Gasteiger partial charge is 0.235 e. The van der Waals surface area contributed by atoms with Crippen molar-refractivity contribution in [3.05, 3.63) is 29.3 Å². The van der Waals surface area contributed by atoms with Gasteiger partial charge in [-0.2, -0.15) is 0 Å². The quantitative estimate of drug-likeness (QED) is 0.805. The van der Waals surface area contributed by atoms with E-state index < -0.39 is 0 Å². The lowest BCUT2D eigenvalue weighted by molar-refractivity contribution is -0.118. The Morgan fingerprint density at radius 3 is 2.59 bits per heavy atom. The van der Waals surface area contributed by atoms with Gasteiger partial charge >= 0.3 is 0 Å². The van der Waals surface area contributed by atoms with Crippen molar-refractivity contribution in [1.82, 2.24) is 5.32 Å². The molecule has 1 aromatic rings. The van der Waals surface area contributed by atoms with Crippen LogP contribution in [0.1, 0.15) is 18.1 Å². The zero-order chi connectivity index (χ0) is 12.8. The zero-order valence-corrected chi connectivity index (χ0v) is 10.6. The van der Waals surface area contributed by atoms with Crippen LogP contribution in [0.5, 0.6) is 0 Å². The van der Waals surface area contributed by atoms with E-state index in [-0.39, 0.29) is 17.7 Å². The van der Waals surface area contributed by atoms with Crippen LogP contribution in [-0.2, 0) is 16.1 Å². The van der Waals surface area contributed by atoms with E-state index >= 15 is 0 Å². The second-order valence-electron chi connectivity index (χ2n) is 3.73. The van der Waals surface area contributed by atoms with Gasteiger partial charge in [-0.3, -0.25) is 9.59 Å². The van der Waals surface area contributed by atoms with Gasteiger partial charge in [0, 0.05) is 19.2 Å². The molecule has 0 unspecified atom stereocenters. The van der Waals surface area contributed by atoms with Gasteiger partial charge in [0.15, 0.2) is 0 Å². The summed E-state index contributed by atoms with van der Waals surface area (Å²) >= 11 is 5.38. The fourth-order valence-electron chi connectivity index (χ4n) is 1.42. The van der Waals surface area contributed by atoms with E-state index in [4.69, 9.17) is 11.6 Å². The van der Waals surface area contributed by atoms with Crippen LogP contribution in [0.25, 0.3) is 0 Å². The number of nitrogens with one attached hydrogen (secondary N) is 2. The Kier molecular flexibility index (Phi) is 4.97. The highest BCUT2D eigenvalue weighted by atomic mass is 35.5. The van der Waals surface area contributed by atoms with Gasteiger partial charge in [0.1, 0.15) is 5.88 Å². The first-order valence-corrected chi connectivity index (χ1v) is 5.76. The molecule has 0 radical (unpaired) electrons. The summed E-state index contributed by atoms with van der Waals surface area (Å²) < 4.78 is 0. The van der Waals surface area contributed by atoms with E-state index in [2.05, 4.69) is 10.6 Å². The Balaban J connectivity index is 2.69. The maximum absolute atomic E-state index is 11.0.